The molecule has 1 aromatic rings. The van der Waals surface area contributed by atoms with Gasteiger partial charge in [0, 0.05) is 18.1 Å². The number of nitrogens with zero attached hydrogens (tertiary/aromatic N) is 1. The van der Waals surface area contributed by atoms with Crippen molar-refractivity contribution < 1.29 is 19.4 Å². The van der Waals surface area contributed by atoms with E-state index in [0.29, 0.717) is 30.3 Å². The highest BCUT2D eigenvalue weighted by Gasteiger charge is 2.31. The molecule has 2 N–H and O–H groups in total. The number of urea groups is 1. The van der Waals surface area contributed by atoms with Crippen molar-refractivity contribution in [2.75, 3.05) is 19.6 Å². The Kier molecular flexibility index (Phi) is 6.31. The smallest absolute Gasteiger partial charge is 0.317 e. The van der Waals surface area contributed by atoms with E-state index < -0.39 is 11.9 Å². The molecule has 1 aliphatic heterocycles. The first-order valence-corrected chi connectivity index (χ1v) is 8.40. The van der Waals surface area contributed by atoms with Gasteiger partial charge in [0.2, 0.25) is 0 Å². The zero-order chi connectivity index (χ0) is 17.7. The maximum absolute atomic E-state index is 12.3. The third-order valence-corrected chi connectivity index (χ3v) is 4.24. The fourth-order valence-corrected chi connectivity index (χ4v) is 2.95. The molecule has 6 nitrogen and oxygen atoms in total. The molecule has 0 aromatic heterocycles. The van der Waals surface area contributed by atoms with Crippen LogP contribution in [0.15, 0.2) is 24.3 Å². The Morgan fingerprint density at radius 2 is 2.04 bits per heavy atom. The van der Waals surface area contributed by atoms with Crippen molar-refractivity contribution in [2.45, 2.75) is 26.4 Å². The topological polar surface area (TPSA) is 78.9 Å². The van der Waals surface area contributed by atoms with E-state index in [4.69, 9.17) is 21.4 Å². The largest absolute Gasteiger partial charge is 0.489 e. The van der Waals surface area contributed by atoms with Gasteiger partial charge in [0.25, 0.3) is 0 Å². The number of hydrogen-bond donors (Lipinski definition) is 2. The second-order valence-electron chi connectivity index (χ2n) is 6.35. The third-order valence-electron chi connectivity index (χ3n) is 3.99. The van der Waals surface area contributed by atoms with Crippen LogP contribution in [0.1, 0.15) is 20.3 Å². The standard InChI is InChI=1S/C17H23ClN2O4/c1-11-7-13(16(21)22)10-20(9-11)17(23)19-8-12(2)24-15-5-3-14(18)4-6-15/h3-6,11-13H,7-10H2,1-2H3,(H,19,23)(H,21,22). The molecule has 1 saturated heterocycles. The van der Waals surface area contributed by atoms with E-state index in [1.165, 1.54) is 0 Å². The highest BCUT2D eigenvalue weighted by Crippen LogP contribution is 2.22. The normalized spacial score (nSPS) is 21.9. The summed E-state index contributed by atoms with van der Waals surface area (Å²) in [5.74, 6) is -0.493. The van der Waals surface area contributed by atoms with Crippen molar-refractivity contribution in [3.8, 4) is 5.75 Å². The van der Waals surface area contributed by atoms with Crippen molar-refractivity contribution in [2.24, 2.45) is 11.8 Å². The maximum Gasteiger partial charge on any atom is 0.317 e. The molecule has 24 heavy (non-hydrogen) atoms. The van der Waals surface area contributed by atoms with Crippen molar-refractivity contribution in [1.29, 1.82) is 0 Å². The van der Waals surface area contributed by atoms with Crippen LogP contribution in [0.4, 0.5) is 4.79 Å². The van der Waals surface area contributed by atoms with Crippen LogP contribution < -0.4 is 10.1 Å². The van der Waals surface area contributed by atoms with E-state index in [1.54, 1.807) is 29.2 Å². The fourth-order valence-electron chi connectivity index (χ4n) is 2.83. The van der Waals surface area contributed by atoms with Gasteiger partial charge in [-0.1, -0.05) is 18.5 Å². The SMILES string of the molecule is CC1CC(C(=O)O)CN(C(=O)NCC(C)Oc2ccc(Cl)cc2)C1. The number of benzene rings is 1. The minimum atomic E-state index is -0.848. The van der Waals surface area contributed by atoms with Crippen molar-refractivity contribution in [1.82, 2.24) is 10.2 Å². The molecule has 1 fully saturated rings. The van der Waals surface area contributed by atoms with Gasteiger partial charge in [0.05, 0.1) is 12.5 Å². The fraction of sp³-hybridized carbons (Fsp3) is 0.529. The number of carbonyl (C=O) groups excluding carboxylic acids is 1. The van der Waals surface area contributed by atoms with Gasteiger partial charge in [-0.2, -0.15) is 0 Å². The van der Waals surface area contributed by atoms with Crippen LogP contribution in [-0.2, 0) is 4.79 Å². The molecule has 2 amide bonds. The lowest BCUT2D eigenvalue weighted by atomic mass is 9.91. The number of rotatable bonds is 5. The number of nitrogens with one attached hydrogen (secondary N) is 1. The minimum absolute atomic E-state index is 0.174. The summed E-state index contributed by atoms with van der Waals surface area (Å²) in [6.07, 6.45) is 0.391. The molecular weight excluding hydrogens is 332 g/mol. The Bertz CT molecular complexity index is 578. The number of carbonyl (C=O) groups is 2. The minimum Gasteiger partial charge on any atom is -0.489 e. The summed E-state index contributed by atoms with van der Waals surface area (Å²) in [7, 11) is 0. The van der Waals surface area contributed by atoms with Gasteiger partial charge in [-0.25, -0.2) is 4.79 Å². The number of carboxylic acid groups (broad SMARTS) is 1. The molecule has 0 spiro atoms. The first-order valence-electron chi connectivity index (χ1n) is 8.03. The van der Waals surface area contributed by atoms with E-state index in [2.05, 4.69) is 5.32 Å². The lowest BCUT2D eigenvalue weighted by molar-refractivity contribution is -0.143. The number of piperidine rings is 1. The van der Waals surface area contributed by atoms with E-state index in [9.17, 15) is 9.59 Å². The molecule has 1 heterocycles. The molecule has 0 bridgehead atoms. The first kappa shape index (κ1) is 18.4. The van der Waals surface area contributed by atoms with Crippen LogP contribution in [0, 0.1) is 11.8 Å². The number of ether oxygens (including phenoxy) is 1. The summed E-state index contributed by atoms with van der Waals surface area (Å²) in [6, 6.07) is 6.76. The van der Waals surface area contributed by atoms with Crippen molar-refractivity contribution >= 4 is 23.6 Å². The summed E-state index contributed by atoms with van der Waals surface area (Å²) < 4.78 is 5.70. The number of carboxylic acids is 1. The molecule has 2 rings (SSSR count). The average Bonchev–Trinajstić information content (AvgIpc) is 2.54. The van der Waals surface area contributed by atoms with Gasteiger partial charge in [0.1, 0.15) is 11.9 Å². The van der Waals surface area contributed by atoms with Gasteiger partial charge in [-0.15, -0.1) is 0 Å². The van der Waals surface area contributed by atoms with Gasteiger partial charge in [0.15, 0.2) is 0 Å². The van der Waals surface area contributed by atoms with Crippen LogP contribution in [0.2, 0.25) is 5.02 Å². The third kappa shape index (κ3) is 5.30. The van der Waals surface area contributed by atoms with E-state index >= 15 is 0 Å². The number of hydrogen-bond acceptors (Lipinski definition) is 3. The molecule has 7 heteroatoms. The van der Waals surface area contributed by atoms with Crippen LogP contribution in [-0.4, -0.2) is 47.7 Å². The Morgan fingerprint density at radius 1 is 1.38 bits per heavy atom. The van der Waals surface area contributed by atoms with Gasteiger partial charge >= 0.3 is 12.0 Å². The molecular formula is C17H23ClN2O4. The molecule has 3 unspecified atom stereocenters. The average molecular weight is 355 g/mol. The zero-order valence-electron chi connectivity index (χ0n) is 13.9. The molecule has 0 radical (unpaired) electrons. The van der Waals surface area contributed by atoms with Crippen LogP contribution in [0.3, 0.4) is 0 Å². The predicted octanol–water partition coefficient (Wildman–Crippen LogP) is 2.86. The second kappa shape index (κ2) is 8.24. The molecule has 1 aliphatic rings. The van der Waals surface area contributed by atoms with Gasteiger partial charge in [-0.3, -0.25) is 4.79 Å². The Morgan fingerprint density at radius 3 is 2.67 bits per heavy atom. The molecule has 0 saturated carbocycles. The molecule has 132 valence electrons. The lowest BCUT2D eigenvalue weighted by Crippen LogP contribution is -2.50. The summed E-state index contributed by atoms with van der Waals surface area (Å²) in [6.45, 7) is 4.97. The van der Waals surface area contributed by atoms with E-state index in [-0.39, 0.29) is 24.6 Å². The van der Waals surface area contributed by atoms with Crippen molar-refractivity contribution in [3.63, 3.8) is 0 Å². The maximum atomic E-state index is 12.3. The molecule has 1 aromatic carbocycles. The molecule has 3 atom stereocenters. The van der Waals surface area contributed by atoms with E-state index in [0.717, 1.165) is 0 Å². The summed E-state index contributed by atoms with van der Waals surface area (Å²) in [5.41, 5.74) is 0. The quantitative estimate of drug-likeness (QED) is 0.852. The highest BCUT2D eigenvalue weighted by molar-refractivity contribution is 6.30. The zero-order valence-corrected chi connectivity index (χ0v) is 14.6. The Labute approximate surface area is 146 Å². The van der Waals surface area contributed by atoms with Gasteiger partial charge in [-0.05, 0) is 43.5 Å². The first-order chi connectivity index (χ1) is 11.3. The number of amides is 2. The van der Waals surface area contributed by atoms with Crippen molar-refractivity contribution in [3.05, 3.63) is 29.3 Å². The van der Waals surface area contributed by atoms with E-state index in [1.807, 2.05) is 13.8 Å². The summed E-state index contributed by atoms with van der Waals surface area (Å²) in [5, 5.41) is 12.6. The lowest BCUT2D eigenvalue weighted by Gasteiger charge is -2.34. The highest BCUT2D eigenvalue weighted by atomic mass is 35.5. The monoisotopic (exact) mass is 354 g/mol. The second-order valence-corrected chi connectivity index (χ2v) is 6.79. The van der Waals surface area contributed by atoms with Crippen LogP contribution in [0.25, 0.3) is 0 Å². The Hall–Kier alpha value is -1.95. The molecule has 0 aliphatic carbocycles. The number of likely N-dealkylation sites (tertiary alicyclic amines) is 1. The number of aliphatic carboxylic acids is 1. The van der Waals surface area contributed by atoms with Crippen LogP contribution in [0.5, 0.6) is 5.75 Å². The Balaban J connectivity index is 1.81. The summed E-state index contributed by atoms with van der Waals surface area (Å²) >= 11 is 5.82. The van der Waals surface area contributed by atoms with Gasteiger partial charge < -0.3 is 20.1 Å². The van der Waals surface area contributed by atoms with Crippen LogP contribution >= 0.6 is 11.6 Å². The number of halogens is 1. The summed E-state index contributed by atoms with van der Waals surface area (Å²) in [4.78, 5) is 25.0. The predicted molar refractivity (Wildman–Crippen MR) is 91.4 cm³/mol.